The summed E-state index contributed by atoms with van der Waals surface area (Å²) in [6.45, 7) is 10.1. The first kappa shape index (κ1) is 26.9. The quantitative estimate of drug-likeness (QED) is 0.397. The van der Waals surface area contributed by atoms with E-state index in [9.17, 15) is 14.4 Å². The number of rotatable bonds is 8. The van der Waals surface area contributed by atoms with E-state index in [1.54, 1.807) is 31.2 Å². The lowest BCUT2D eigenvalue weighted by Crippen LogP contribution is -2.56. The highest BCUT2D eigenvalue weighted by Crippen LogP contribution is 2.35. The van der Waals surface area contributed by atoms with Crippen molar-refractivity contribution in [3.05, 3.63) is 81.2 Å². The third kappa shape index (κ3) is 5.74. The summed E-state index contributed by atoms with van der Waals surface area (Å²) in [5, 5.41) is 5.28. The lowest BCUT2D eigenvalue weighted by atomic mass is 9.94. The zero-order valence-electron chi connectivity index (χ0n) is 21.0. The van der Waals surface area contributed by atoms with Crippen molar-refractivity contribution in [1.82, 2.24) is 20.0 Å². The SMILES string of the molecule is C=CCN1C(=O)N[C@H](c2ccccc2Cl)C(C(=O)OCC)=C1CN1CCN(C(=O)c2cccs2)[C@@H](C)C1. The van der Waals surface area contributed by atoms with Gasteiger partial charge < -0.3 is 15.0 Å². The summed E-state index contributed by atoms with van der Waals surface area (Å²) in [6.07, 6.45) is 1.62. The minimum Gasteiger partial charge on any atom is -0.463 e. The zero-order chi connectivity index (χ0) is 26.5. The Bertz CT molecular complexity index is 1200. The molecule has 3 amide bonds. The van der Waals surface area contributed by atoms with Crippen molar-refractivity contribution in [2.75, 3.05) is 39.3 Å². The van der Waals surface area contributed by atoms with E-state index in [1.165, 1.54) is 16.2 Å². The van der Waals surface area contributed by atoms with Gasteiger partial charge in [-0.15, -0.1) is 17.9 Å². The third-order valence-corrected chi connectivity index (χ3v) is 7.74. The van der Waals surface area contributed by atoms with Gasteiger partial charge in [0.1, 0.15) is 0 Å². The van der Waals surface area contributed by atoms with Gasteiger partial charge in [-0.1, -0.05) is 41.9 Å². The third-order valence-electron chi connectivity index (χ3n) is 6.54. The summed E-state index contributed by atoms with van der Waals surface area (Å²) in [5.74, 6) is -0.478. The normalized spacial score (nSPS) is 20.6. The first-order valence-electron chi connectivity index (χ1n) is 12.3. The van der Waals surface area contributed by atoms with Crippen LogP contribution in [0.2, 0.25) is 5.02 Å². The van der Waals surface area contributed by atoms with Gasteiger partial charge in [0.15, 0.2) is 0 Å². The maximum Gasteiger partial charge on any atom is 0.338 e. The molecule has 37 heavy (non-hydrogen) atoms. The lowest BCUT2D eigenvalue weighted by molar-refractivity contribution is -0.139. The number of hydrogen-bond acceptors (Lipinski definition) is 6. The van der Waals surface area contributed by atoms with Gasteiger partial charge in [0.25, 0.3) is 5.91 Å². The van der Waals surface area contributed by atoms with Crippen molar-refractivity contribution in [1.29, 1.82) is 0 Å². The second-order valence-corrected chi connectivity index (χ2v) is 10.3. The molecule has 1 aromatic carbocycles. The molecule has 1 saturated heterocycles. The number of urea groups is 1. The summed E-state index contributed by atoms with van der Waals surface area (Å²) in [7, 11) is 0. The molecule has 1 fully saturated rings. The van der Waals surface area contributed by atoms with Crippen LogP contribution in [-0.2, 0) is 9.53 Å². The Kier molecular flexibility index (Phi) is 8.68. The number of benzene rings is 1. The number of amides is 3. The van der Waals surface area contributed by atoms with E-state index < -0.39 is 12.0 Å². The van der Waals surface area contributed by atoms with Crippen LogP contribution in [0.1, 0.15) is 35.1 Å². The molecule has 3 heterocycles. The monoisotopic (exact) mass is 542 g/mol. The number of nitrogens with one attached hydrogen (secondary N) is 1. The van der Waals surface area contributed by atoms with Crippen LogP contribution in [-0.4, -0.2) is 78.0 Å². The molecule has 10 heteroatoms. The maximum absolute atomic E-state index is 13.3. The van der Waals surface area contributed by atoms with E-state index in [2.05, 4.69) is 16.8 Å². The maximum atomic E-state index is 13.3. The predicted molar refractivity (Wildman–Crippen MR) is 145 cm³/mol. The molecule has 0 spiro atoms. The van der Waals surface area contributed by atoms with Gasteiger partial charge in [-0.25, -0.2) is 9.59 Å². The predicted octanol–water partition coefficient (Wildman–Crippen LogP) is 4.32. The summed E-state index contributed by atoms with van der Waals surface area (Å²) < 4.78 is 5.45. The van der Waals surface area contributed by atoms with E-state index in [0.29, 0.717) is 48.0 Å². The molecule has 0 radical (unpaired) electrons. The molecule has 0 aliphatic carbocycles. The Balaban J connectivity index is 1.68. The van der Waals surface area contributed by atoms with Crippen molar-refractivity contribution in [3.63, 3.8) is 0 Å². The molecule has 2 atom stereocenters. The number of carbonyl (C=O) groups excluding carboxylic acids is 3. The van der Waals surface area contributed by atoms with E-state index in [0.717, 1.165) is 4.88 Å². The minimum atomic E-state index is -0.754. The molecule has 2 aromatic rings. The Morgan fingerprint density at radius 1 is 1.24 bits per heavy atom. The molecule has 1 N–H and O–H groups in total. The molecule has 0 bridgehead atoms. The fourth-order valence-corrected chi connectivity index (χ4v) is 5.74. The van der Waals surface area contributed by atoms with Gasteiger partial charge in [-0.3, -0.25) is 14.6 Å². The Morgan fingerprint density at radius 3 is 2.68 bits per heavy atom. The van der Waals surface area contributed by atoms with Crippen molar-refractivity contribution in [2.24, 2.45) is 0 Å². The highest BCUT2D eigenvalue weighted by Gasteiger charge is 2.40. The van der Waals surface area contributed by atoms with Gasteiger partial charge >= 0.3 is 12.0 Å². The van der Waals surface area contributed by atoms with Crippen molar-refractivity contribution in [3.8, 4) is 0 Å². The molecule has 2 aliphatic rings. The van der Waals surface area contributed by atoms with E-state index in [4.69, 9.17) is 16.3 Å². The summed E-state index contributed by atoms with van der Waals surface area (Å²) in [6, 6.07) is 9.72. The minimum absolute atomic E-state index is 0.0256. The number of hydrogen-bond donors (Lipinski definition) is 1. The number of esters is 1. The van der Waals surface area contributed by atoms with E-state index in [1.807, 2.05) is 35.4 Å². The summed E-state index contributed by atoms with van der Waals surface area (Å²) >= 11 is 7.93. The Hall–Kier alpha value is -3.14. The topological polar surface area (TPSA) is 82.2 Å². The van der Waals surface area contributed by atoms with Gasteiger partial charge in [0.2, 0.25) is 0 Å². The summed E-state index contributed by atoms with van der Waals surface area (Å²) in [5.41, 5.74) is 1.52. The Labute approximate surface area is 226 Å². The first-order valence-corrected chi connectivity index (χ1v) is 13.5. The van der Waals surface area contributed by atoms with Crippen LogP contribution in [0.5, 0.6) is 0 Å². The molecular weight excluding hydrogens is 512 g/mol. The highest BCUT2D eigenvalue weighted by molar-refractivity contribution is 7.12. The van der Waals surface area contributed by atoms with Crippen LogP contribution < -0.4 is 5.32 Å². The van der Waals surface area contributed by atoms with Gasteiger partial charge in [-0.05, 0) is 36.9 Å². The van der Waals surface area contributed by atoms with Crippen LogP contribution in [0.15, 0.2) is 65.7 Å². The van der Waals surface area contributed by atoms with Gasteiger partial charge in [0, 0.05) is 49.5 Å². The van der Waals surface area contributed by atoms with Crippen LogP contribution in [0.3, 0.4) is 0 Å². The first-order chi connectivity index (χ1) is 17.8. The molecule has 8 nitrogen and oxygen atoms in total. The Morgan fingerprint density at radius 2 is 2.03 bits per heavy atom. The molecular formula is C27H31ClN4O4S. The fraction of sp³-hybridized carbons (Fsp3) is 0.370. The average Bonchev–Trinajstić information content (AvgIpc) is 3.41. The van der Waals surface area contributed by atoms with E-state index >= 15 is 0 Å². The second-order valence-electron chi connectivity index (χ2n) is 8.94. The number of carbonyl (C=O) groups is 3. The number of nitrogens with zero attached hydrogens (tertiary/aromatic N) is 3. The van der Waals surface area contributed by atoms with Gasteiger partial charge in [-0.2, -0.15) is 0 Å². The van der Waals surface area contributed by atoms with Crippen LogP contribution in [0.4, 0.5) is 4.79 Å². The standard InChI is InChI=1S/C27H31ClN4O4S/c1-4-12-32-21(17-30-13-14-31(18(3)16-30)25(33)22-11-8-15-37-22)23(26(34)36-5-2)24(29-27(32)35)19-9-6-7-10-20(19)28/h4,6-11,15,18,24H,1,5,12-14,16-17H2,2-3H3,(H,29,35)/t18-,24+/m0/s1. The molecule has 0 saturated carbocycles. The van der Waals surface area contributed by atoms with Crippen molar-refractivity contribution in [2.45, 2.75) is 25.9 Å². The summed E-state index contributed by atoms with van der Waals surface area (Å²) in [4.78, 5) is 45.8. The number of ether oxygens (including phenoxy) is 1. The van der Waals surface area contributed by atoms with Crippen LogP contribution >= 0.6 is 22.9 Å². The van der Waals surface area contributed by atoms with Gasteiger partial charge in [0.05, 0.1) is 23.1 Å². The van der Waals surface area contributed by atoms with Crippen LogP contribution in [0, 0.1) is 0 Å². The van der Waals surface area contributed by atoms with Crippen molar-refractivity contribution >= 4 is 40.8 Å². The van der Waals surface area contributed by atoms with E-state index in [-0.39, 0.29) is 31.1 Å². The molecule has 4 rings (SSSR count). The largest absolute Gasteiger partial charge is 0.463 e. The number of thiophene rings is 1. The second kappa shape index (κ2) is 11.9. The molecule has 1 aromatic heterocycles. The molecule has 0 unspecified atom stereocenters. The molecule has 2 aliphatic heterocycles. The van der Waals surface area contributed by atoms with Crippen LogP contribution in [0.25, 0.3) is 0 Å². The van der Waals surface area contributed by atoms with Crippen molar-refractivity contribution < 1.29 is 19.1 Å². The zero-order valence-corrected chi connectivity index (χ0v) is 22.6. The highest BCUT2D eigenvalue weighted by atomic mass is 35.5. The number of piperazine rings is 1. The smallest absolute Gasteiger partial charge is 0.338 e. The number of halogens is 1. The lowest BCUT2D eigenvalue weighted by Gasteiger charge is -2.42. The molecule has 196 valence electrons. The average molecular weight is 543 g/mol. The fourth-order valence-electron chi connectivity index (χ4n) is 4.82.